The van der Waals surface area contributed by atoms with Gasteiger partial charge in [0.05, 0.1) is 11.9 Å². The molecule has 1 amide bonds. The summed E-state index contributed by atoms with van der Waals surface area (Å²) in [5, 5.41) is 0.131. The Kier molecular flexibility index (Phi) is 8.30. The number of aromatic nitrogens is 1. The Morgan fingerprint density at radius 3 is 2.68 bits per heavy atom. The summed E-state index contributed by atoms with van der Waals surface area (Å²) >= 11 is 11.5. The van der Waals surface area contributed by atoms with E-state index in [0.29, 0.717) is 4.47 Å². The van der Waals surface area contributed by atoms with Crippen LogP contribution in [0.3, 0.4) is 0 Å². The number of amides is 1. The van der Waals surface area contributed by atoms with Crippen molar-refractivity contribution in [3.05, 3.63) is 40.0 Å². The first kappa shape index (κ1) is 20.4. The van der Waals surface area contributed by atoms with Gasteiger partial charge in [-0.05, 0) is 22.0 Å². The molecule has 0 aliphatic rings. The number of nitrogens with zero attached hydrogens (tertiary/aromatic N) is 1. The normalized spacial score (nSPS) is 10.0. The van der Waals surface area contributed by atoms with Crippen molar-refractivity contribution in [3.63, 3.8) is 0 Å². The molecule has 22 heavy (non-hydrogen) atoms. The summed E-state index contributed by atoms with van der Waals surface area (Å²) in [6.07, 6.45) is 0.953. The monoisotopic (exact) mass is 431 g/mol. The maximum atomic E-state index is 14.3. The molecule has 0 unspecified atom stereocenters. The van der Waals surface area contributed by atoms with Crippen LogP contribution in [0.5, 0.6) is 0 Å². The van der Waals surface area contributed by atoms with Crippen LogP contribution in [0.4, 0.5) is 8.78 Å². The van der Waals surface area contributed by atoms with Crippen molar-refractivity contribution >= 4 is 113 Å². The van der Waals surface area contributed by atoms with E-state index in [4.69, 9.17) is 0 Å². The molecule has 2 N–H and O–H groups in total. The first-order chi connectivity index (χ1) is 9.88. The van der Waals surface area contributed by atoms with Crippen molar-refractivity contribution in [3.8, 4) is 0 Å². The van der Waals surface area contributed by atoms with Crippen LogP contribution < -0.4 is 10.9 Å². The van der Waals surface area contributed by atoms with Gasteiger partial charge in [-0.25, -0.2) is 8.78 Å². The predicted molar refractivity (Wildman–Crippen MR) is 93.1 cm³/mol. The number of thiocarbonyl (C=S) groups is 1. The summed E-state index contributed by atoms with van der Waals surface area (Å²) in [5.74, 6) is -2.30. The van der Waals surface area contributed by atoms with Gasteiger partial charge in [-0.3, -0.25) is 20.6 Å². The second-order valence-electron chi connectivity index (χ2n) is 4.03. The first-order valence-electron chi connectivity index (χ1n) is 5.58. The molecule has 10 heteroatoms. The van der Waals surface area contributed by atoms with Crippen molar-refractivity contribution in [2.45, 2.75) is 6.42 Å². The average Bonchev–Trinajstić information content (AvgIpc) is 2.42. The molecule has 0 aliphatic carbocycles. The molecule has 2 aromatic rings. The Bertz CT molecular complexity index is 748. The fraction of sp³-hybridized carbons (Fsp3) is 0.0833. The Balaban J connectivity index is 0.00000242. The molecule has 0 atom stereocenters. The summed E-state index contributed by atoms with van der Waals surface area (Å²) in [6, 6.07) is 2.56. The standard InChI is InChI=1S/C12H8BrF2N3OS2.K.H/c13-5-1-7-9(16-4-5)3-8(14)6(11(7)15)2-10(19)17-18-12(20)21;;/h1,3-4H,2H2,(H,17,19)(H2,18,20,21);;. The summed E-state index contributed by atoms with van der Waals surface area (Å²) in [7, 11) is 0. The summed E-state index contributed by atoms with van der Waals surface area (Å²) in [6.45, 7) is 0. The van der Waals surface area contributed by atoms with Gasteiger partial charge in [0.2, 0.25) is 5.91 Å². The minimum atomic E-state index is -0.835. The molecule has 0 spiro atoms. The van der Waals surface area contributed by atoms with Crippen LogP contribution in [-0.4, -0.2) is 66.6 Å². The fourth-order valence-corrected chi connectivity index (χ4v) is 2.14. The van der Waals surface area contributed by atoms with Crippen LogP contribution in [0.1, 0.15) is 5.56 Å². The number of fused-ring (bicyclic) bond motifs is 1. The molecule has 2 rings (SSSR count). The molecular formula is C12H9BrF2KN3OS2. The van der Waals surface area contributed by atoms with Gasteiger partial charge in [0.15, 0.2) is 0 Å². The van der Waals surface area contributed by atoms with Gasteiger partial charge in [-0.2, -0.15) is 0 Å². The summed E-state index contributed by atoms with van der Waals surface area (Å²) in [4.78, 5) is 15.5. The Hall–Kier alpha value is 0.316. The third kappa shape index (κ3) is 5.16. The number of halogens is 3. The van der Waals surface area contributed by atoms with Crippen molar-refractivity contribution < 1.29 is 13.6 Å². The average molecular weight is 432 g/mol. The van der Waals surface area contributed by atoms with Crippen molar-refractivity contribution in [2.24, 2.45) is 0 Å². The third-order valence-corrected chi connectivity index (χ3v) is 3.23. The zero-order chi connectivity index (χ0) is 15.6. The van der Waals surface area contributed by atoms with E-state index in [1.165, 1.54) is 12.3 Å². The van der Waals surface area contributed by atoms with E-state index in [0.717, 1.165) is 6.07 Å². The topological polar surface area (TPSA) is 54.0 Å². The van der Waals surface area contributed by atoms with E-state index < -0.39 is 24.0 Å². The number of hydrazine groups is 1. The number of benzene rings is 1. The van der Waals surface area contributed by atoms with Gasteiger partial charge in [0, 0.05) is 27.7 Å². The molecular weight excluding hydrogens is 423 g/mol. The third-order valence-electron chi connectivity index (χ3n) is 2.58. The van der Waals surface area contributed by atoms with Gasteiger partial charge in [0.25, 0.3) is 0 Å². The van der Waals surface area contributed by atoms with Crippen LogP contribution in [0.2, 0.25) is 0 Å². The number of carbonyl (C=O) groups is 1. The van der Waals surface area contributed by atoms with Crippen LogP contribution in [0.15, 0.2) is 22.8 Å². The summed E-state index contributed by atoms with van der Waals surface area (Å²) < 4.78 is 28.8. The van der Waals surface area contributed by atoms with Crippen LogP contribution in [0, 0.1) is 11.6 Å². The zero-order valence-corrected chi connectivity index (χ0v) is 13.6. The molecule has 0 saturated carbocycles. The minimum absolute atomic E-state index is 0. The predicted octanol–water partition coefficient (Wildman–Crippen LogP) is 2.00. The Labute approximate surface area is 186 Å². The Morgan fingerprint density at radius 1 is 1.36 bits per heavy atom. The number of nitrogens with one attached hydrogen (secondary N) is 2. The van der Waals surface area contributed by atoms with E-state index in [2.05, 4.69) is 56.6 Å². The van der Waals surface area contributed by atoms with Gasteiger partial charge in [0.1, 0.15) is 16.0 Å². The van der Waals surface area contributed by atoms with E-state index in [1.54, 1.807) is 0 Å². The van der Waals surface area contributed by atoms with Crippen molar-refractivity contribution in [1.29, 1.82) is 0 Å². The number of rotatable bonds is 2. The second kappa shape index (κ2) is 8.97. The van der Waals surface area contributed by atoms with Crippen LogP contribution in [-0.2, 0) is 11.2 Å². The quantitative estimate of drug-likeness (QED) is 0.294. The maximum absolute atomic E-state index is 14.3. The van der Waals surface area contributed by atoms with Crippen LogP contribution in [0.25, 0.3) is 10.9 Å². The number of pyridine rings is 1. The van der Waals surface area contributed by atoms with E-state index in [-0.39, 0.29) is 72.2 Å². The Morgan fingerprint density at radius 2 is 2.05 bits per heavy atom. The summed E-state index contributed by atoms with van der Waals surface area (Å²) in [5.41, 5.74) is 4.29. The molecule has 1 aromatic carbocycles. The van der Waals surface area contributed by atoms with Gasteiger partial charge in [-0.15, -0.1) is 12.6 Å². The van der Waals surface area contributed by atoms with Gasteiger partial charge >= 0.3 is 51.4 Å². The molecule has 0 fully saturated rings. The molecule has 112 valence electrons. The zero-order valence-electron chi connectivity index (χ0n) is 10.3. The molecule has 0 aliphatic heterocycles. The number of hydrogen-bond acceptors (Lipinski definition) is 3. The molecule has 0 radical (unpaired) electrons. The first-order valence-corrected chi connectivity index (χ1v) is 7.23. The van der Waals surface area contributed by atoms with Crippen molar-refractivity contribution in [2.75, 3.05) is 0 Å². The van der Waals surface area contributed by atoms with Gasteiger partial charge < -0.3 is 0 Å². The molecule has 0 saturated heterocycles. The van der Waals surface area contributed by atoms with Crippen molar-refractivity contribution in [1.82, 2.24) is 15.8 Å². The van der Waals surface area contributed by atoms with Crippen LogP contribution >= 0.6 is 40.8 Å². The number of thiol groups is 1. The second-order valence-corrected chi connectivity index (χ2v) is 6.10. The molecule has 1 aromatic heterocycles. The molecule has 0 bridgehead atoms. The number of hydrogen-bond donors (Lipinski definition) is 3. The molecule has 4 nitrogen and oxygen atoms in total. The van der Waals surface area contributed by atoms with E-state index in [1.807, 2.05) is 0 Å². The van der Waals surface area contributed by atoms with E-state index in [9.17, 15) is 13.6 Å². The fourth-order valence-electron chi connectivity index (χ4n) is 1.71. The molecule has 1 heterocycles. The number of carbonyl (C=O) groups excluding carboxylic acids is 1. The SMILES string of the molecule is O=C(Cc1c(F)cc2ncc(Br)cc2c1F)NNC(=S)S.[KH]. The van der Waals surface area contributed by atoms with Gasteiger partial charge in [-0.1, -0.05) is 12.2 Å². The van der Waals surface area contributed by atoms with E-state index >= 15 is 0 Å².